The molecule has 0 aromatic heterocycles. The van der Waals surface area contributed by atoms with E-state index >= 15 is 0 Å². The standard InChI is InChI=1S/C27H35N3O2/c1-21-9-11-24(12-10-21)27(32)30-17-13-23(14-18-30)26(31)28-15-19-29-16-5-8-25(20-29)22-6-3-2-4-7-22/h2-4,6-7,9-12,23,25H,5,8,13-20H2,1H3,(H,28,31)/t25-/m0/s1. The molecule has 0 unspecified atom stereocenters. The molecule has 170 valence electrons. The van der Waals surface area contributed by atoms with Gasteiger partial charge in [-0.05, 0) is 62.8 Å². The molecule has 5 heteroatoms. The summed E-state index contributed by atoms with van der Waals surface area (Å²) in [5.41, 5.74) is 3.30. The van der Waals surface area contributed by atoms with Crippen LogP contribution in [0.1, 0.15) is 53.1 Å². The Labute approximate surface area is 191 Å². The van der Waals surface area contributed by atoms with Crippen LogP contribution in [0.4, 0.5) is 0 Å². The molecule has 0 saturated carbocycles. The van der Waals surface area contributed by atoms with Crippen LogP contribution < -0.4 is 5.32 Å². The van der Waals surface area contributed by atoms with Gasteiger partial charge in [0.25, 0.3) is 5.91 Å². The molecule has 0 spiro atoms. The van der Waals surface area contributed by atoms with E-state index in [4.69, 9.17) is 0 Å². The number of carbonyl (C=O) groups excluding carboxylic acids is 2. The molecular weight excluding hydrogens is 398 g/mol. The maximum absolute atomic E-state index is 12.7. The molecular formula is C27H35N3O2. The molecule has 2 amide bonds. The van der Waals surface area contributed by atoms with Gasteiger partial charge in [0, 0.05) is 44.2 Å². The van der Waals surface area contributed by atoms with Crippen LogP contribution in [-0.4, -0.2) is 60.9 Å². The van der Waals surface area contributed by atoms with Gasteiger partial charge in [-0.1, -0.05) is 48.0 Å². The summed E-state index contributed by atoms with van der Waals surface area (Å²) in [4.78, 5) is 29.7. The van der Waals surface area contributed by atoms with Crippen molar-refractivity contribution < 1.29 is 9.59 Å². The van der Waals surface area contributed by atoms with Crippen molar-refractivity contribution in [2.24, 2.45) is 5.92 Å². The zero-order valence-corrected chi connectivity index (χ0v) is 19.1. The van der Waals surface area contributed by atoms with Crippen molar-refractivity contribution in [3.8, 4) is 0 Å². The number of nitrogens with zero attached hydrogens (tertiary/aromatic N) is 2. The molecule has 1 N–H and O–H groups in total. The minimum absolute atomic E-state index is 0.00971. The predicted octanol–water partition coefficient (Wildman–Crippen LogP) is 3.84. The second-order valence-corrected chi connectivity index (χ2v) is 9.27. The molecule has 2 heterocycles. The van der Waals surface area contributed by atoms with Crippen molar-refractivity contribution in [2.75, 3.05) is 39.3 Å². The van der Waals surface area contributed by atoms with Crippen molar-refractivity contribution in [1.29, 1.82) is 0 Å². The Balaban J connectivity index is 1.18. The monoisotopic (exact) mass is 433 g/mol. The number of rotatable bonds is 6. The van der Waals surface area contributed by atoms with Crippen LogP contribution in [-0.2, 0) is 4.79 Å². The Kier molecular flexibility index (Phi) is 7.59. The maximum atomic E-state index is 12.7. The van der Waals surface area contributed by atoms with Crippen molar-refractivity contribution >= 4 is 11.8 Å². The number of benzene rings is 2. The SMILES string of the molecule is Cc1ccc(C(=O)N2CCC(C(=O)NCCN3CCC[C@H](c4ccccc4)C3)CC2)cc1. The summed E-state index contributed by atoms with van der Waals surface area (Å²) in [6.45, 7) is 7.09. The second-order valence-electron chi connectivity index (χ2n) is 9.27. The van der Waals surface area contributed by atoms with Gasteiger partial charge in [-0.2, -0.15) is 0 Å². The number of nitrogens with one attached hydrogen (secondary N) is 1. The van der Waals surface area contributed by atoms with Crippen LogP contribution in [0.2, 0.25) is 0 Å². The Morgan fingerprint density at radius 2 is 1.66 bits per heavy atom. The highest BCUT2D eigenvalue weighted by molar-refractivity contribution is 5.94. The van der Waals surface area contributed by atoms with E-state index < -0.39 is 0 Å². The molecule has 0 bridgehead atoms. The summed E-state index contributed by atoms with van der Waals surface area (Å²) in [6.07, 6.45) is 3.93. The molecule has 5 nitrogen and oxygen atoms in total. The highest BCUT2D eigenvalue weighted by Crippen LogP contribution is 2.26. The van der Waals surface area contributed by atoms with Gasteiger partial charge in [0.15, 0.2) is 0 Å². The van der Waals surface area contributed by atoms with Crippen molar-refractivity contribution in [3.05, 3.63) is 71.3 Å². The molecule has 4 rings (SSSR count). The molecule has 0 aliphatic carbocycles. The topological polar surface area (TPSA) is 52.7 Å². The van der Waals surface area contributed by atoms with Gasteiger partial charge in [-0.3, -0.25) is 9.59 Å². The Morgan fingerprint density at radius 1 is 0.938 bits per heavy atom. The fraction of sp³-hybridized carbons (Fsp3) is 0.481. The van der Waals surface area contributed by atoms with E-state index in [1.165, 1.54) is 18.4 Å². The van der Waals surface area contributed by atoms with E-state index in [-0.39, 0.29) is 17.7 Å². The smallest absolute Gasteiger partial charge is 0.253 e. The molecule has 2 fully saturated rings. The lowest BCUT2D eigenvalue weighted by molar-refractivity contribution is -0.126. The average molecular weight is 434 g/mol. The van der Waals surface area contributed by atoms with E-state index in [0.717, 1.165) is 43.6 Å². The summed E-state index contributed by atoms with van der Waals surface area (Å²) in [7, 11) is 0. The molecule has 2 aromatic carbocycles. The molecule has 32 heavy (non-hydrogen) atoms. The lowest BCUT2D eigenvalue weighted by Crippen LogP contribution is -2.45. The van der Waals surface area contributed by atoms with Gasteiger partial charge in [0.2, 0.25) is 5.91 Å². The molecule has 2 aromatic rings. The molecule has 2 aliphatic heterocycles. The molecule has 1 atom stereocenters. The van der Waals surface area contributed by atoms with E-state index in [9.17, 15) is 9.59 Å². The first kappa shape index (κ1) is 22.5. The third kappa shape index (κ3) is 5.77. The summed E-state index contributed by atoms with van der Waals surface area (Å²) in [6, 6.07) is 18.5. The summed E-state index contributed by atoms with van der Waals surface area (Å²) < 4.78 is 0. The Hall–Kier alpha value is -2.66. The highest BCUT2D eigenvalue weighted by atomic mass is 16.2. The zero-order chi connectivity index (χ0) is 22.3. The minimum Gasteiger partial charge on any atom is -0.355 e. The van der Waals surface area contributed by atoms with Crippen molar-refractivity contribution in [2.45, 2.75) is 38.5 Å². The van der Waals surface area contributed by atoms with E-state index in [0.29, 0.717) is 25.6 Å². The van der Waals surface area contributed by atoms with Crippen LogP contribution in [0.5, 0.6) is 0 Å². The van der Waals surface area contributed by atoms with Crippen LogP contribution in [0.15, 0.2) is 54.6 Å². The van der Waals surface area contributed by atoms with Crippen LogP contribution in [0.25, 0.3) is 0 Å². The number of aryl methyl sites for hydroxylation is 1. The normalized spacial score (nSPS) is 20.2. The van der Waals surface area contributed by atoms with Gasteiger partial charge in [-0.15, -0.1) is 0 Å². The number of amides is 2. The van der Waals surface area contributed by atoms with E-state index in [1.807, 2.05) is 36.1 Å². The lowest BCUT2D eigenvalue weighted by atomic mass is 9.91. The first-order valence-corrected chi connectivity index (χ1v) is 12.0. The summed E-state index contributed by atoms with van der Waals surface area (Å²) in [5.74, 6) is 0.817. The Bertz CT molecular complexity index is 889. The van der Waals surface area contributed by atoms with E-state index in [2.05, 4.69) is 40.5 Å². The molecule has 2 aliphatic rings. The second kappa shape index (κ2) is 10.8. The summed E-state index contributed by atoms with van der Waals surface area (Å²) in [5, 5.41) is 3.15. The van der Waals surface area contributed by atoms with Crippen molar-refractivity contribution in [1.82, 2.24) is 15.1 Å². The fourth-order valence-electron chi connectivity index (χ4n) is 4.96. The Morgan fingerprint density at radius 3 is 2.38 bits per heavy atom. The number of carbonyl (C=O) groups is 2. The number of piperidine rings is 2. The fourth-order valence-corrected chi connectivity index (χ4v) is 4.96. The third-order valence-electron chi connectivity index (χ3n) is 6.96. The van der Waals surface area contributed by atoms with Gasteiger partial charge in [0.1, 0.15) is 0 Å². The van der Waals surface area contributed by atoms with Gasteiger partial charge < -0.3 is 15.1 Å². The van der Waals surface area contributed by atoms with E-state index in [1.54, 1.807) is 0 Å². The first-order valence-electron chi connectivity index (χ1n) is 12.0. The van der Waals surface area contributed by atoms with Crippen LogP contribution in [0, 0.1) is 12.8 Å². The largest absolute Gasteiger partial charge is 0.355 e. The third-order valence-corrected chi connectivity index (χ3v) is 6.96. The number of likely N-dealkylation sites (tertiary alicyclic amines) is 2. The maximum Gasteiger partial charge on any atom is 0.253 e. The highest BCUT2D eigenvalue weighted by Gasteiger charge is 2.28. The first-order chi connectivity index (χ1) is 15.6. The van der Waals surface area contributed by atoms with Gasteiger partial charge >= 0.3 is 0 Å². The van der Waals surface area contributed by atoms with Crippen LogP contribution >= 0.6 is 0 Å². The molecule has 0 radical (unpaired) electrons. The van der Waals surface area contributed by atoms with Crippen LogP contribution in [0.3, 0.4) is 0 Å². The van der Waals surface area contributed by atoms with Gasteiger partial charge in [0.05, 0.1) is 0 Å². The van der Waals surface area contributed by atoms with Gasteiger partial charge in [-0.25, -0.2) is 0 Å². The summed E-state index contributed by atoms with van der Waals surface area (Å²) >= 11 is 0. The number of hydrogen-bond donors (Lipinski definition) is 1. The quantitative estimate of drug-likeness (QED) is 0.753. The molecule has 2 saturated heterocycles. The number of hydrogen-bond acceptors (Lipinski definition) is 3. The zero-order valence-electron chi connectivity index (χ0n) is 19.1. The lowest BCUT2D eigenvalue weighted by Gasteiger charge is -2.33. The van der Waals surface area contributed by atoms with Crippen molar-refractivity contribution in [3.63, 3.8) is 0 Å². The average Bonchev–Trinajstić information content (AvgIpc) is 2.85. The minimum atomic E-state index is 0.00971. The predicted molar refractivity (Wildman–Crippen MR) is 128 cm³/mol.